The van der Waals surface area contributed by atoms with E-state index in [0.717, 1.165) is 4.88 Å². The van der Waals surface area contributed by atoms with Crippen molar-refractivity contribution in [1.29, 1.82) is 0 Å². The number of nitrogens with zero attached hydrogens (tertiary/aromatic N) is 1. The molecule has 0 aliphatic heterocycles. The predicted octanol–water partition coefficient (Wildman–Crippen LogP) is 2.32. The summed E-state index contributed by atoms with van der Waals surface area (Å²) in [5.41, 5.74) is 5.35. The molecule has 1 heterocycles. The maximum absolute atomic E-state index is 11.4. The summed E-state index contributed by atoms with van der Waals surface area (Å²) in [4.78, 5) is 16.1. The van der Waals surface area contributed by atoms with Crippen LogP contribution in [0.1, 0.15) is 31.7 Å². The molecule has 0 aromatic carbocycles. The maximum atomic E-state index is 11.4. The molecule has 1 aromatic heterocycles. The largest absolute Gasteiger partial charge is 0.444 e. The first-order chi connectivity index (χ1) is 7.78. The first-order valence-electron chi connectivity index (χ1n) is 5.11. The van der Waals surface area contributed by atoms with Gasteiger partial charge >= 0.3 is 6.09 Å². The summed E-state index contributed by atoms with van der Waals surface area (Å²) < 4.78 is 5.52. The van der Waals surface area contributed by atoms with Gasteiger partial charge in [-0.25, -0.2) is 9.78 Å². The molecule has 0 bridgehead atoms. The van der Waals surface area contributed by atoms with E-state index in [-0.39, 0.29) is 12.6 Å². The van der Waals surface area contributed by atoms with Gasteiger partial charge in [0, 0.05) is 17.6 Å². The number of alkyl carbamates (subject to hydrolysis) is 1. The number of aromatic nitrogens is 1. The summed E-state index contributed by atoms with van der Waals surface area (Å²) >= 11 is 6.99. The standard InChI is InChI=1S/C10H16ClN3O2S/c1-10(2,3)16-9(15)14-4-6(12)7-5-13-8(11)17-7/h5-6H,4,12H2,1-3H3,(H,14,15). The minimum absolute atomic E-state index is 0.285. The molecule has 1 rings (SSSR count). The summed E-state index contributed by atoms with van der Waals surface area (Å²) in [7, 11) is 0. The molecule has 0 aliphatic rings. The number of nitrogens with one attached hydrogen (secondary N) is 1. The summed E-state index contributed by atoms with van der Waals surface area (Å²) in [6.07, 6.45) is 1.12. The lowest BCUT2D eigenvalue weighted by molar-refractivity contribution is 0.0524. The zero-order valence-electron chi connectivity index (χ0n) is 9.99. The van der Waals surface area contributed by atoms with E-state index in [1.165, 1.54) is 11.3 Å². The third kappa shape index (κ3) is 5.34. The number of halogens is 1. The number of thiazole rings is 1. The van der Waals surface area contributed by atoms with Gasteiger partial charge in [0.1, 0.15) is 5.60 Å². The minimum atomic E-state index is -0.512. The lowest BCUT2D eigenvalue weighted by Crippen LogP contribution is -2.36. The lowest BCUT2D eigenvalue weighted by atomic mass is 10.2. The van der Waals surface area contributed by atoms with Gasteiger partial charge in [-0.2, -0.15) is 0 Å². The van der Waals surface area contributed by atoms with Crippen LogP contribution >= 0.6 is 22.9 Å². The van der Waals surface area contributed by atoms with Crippen LogP contribution in [0, 0.1) is 0 Å². The van der Waals surface area contributed by atoms with Gasteiger partial charge in [-0.05, 0) is 20.8 Å². The van der Waals surface area contributed by atoms with Crippen LogP contribution < -0.4 is 11.1 Å². The lowest BCUT2D eigenvalue weighted by Gasteiger charge is -2.20. The van der Waals surface area contributed by atoms with E-state index in [1.54, 1.807) is 27.0 Å². The van der Waals surface area contributed by atoms with Crippen molar-refractivity contribution in [3.05, 3.63) is 15.5 Å². The highest BCUT2D eigenvalue weighted by molar-refractivity contribution is 7.15. The molecule has 0 saturated carbocycles. The van der Waals surface area contributed by atoms with Crippen molar-refractivity contribution in [3.8, 4) is 0 Å². The Labute approximate surface area is 109 Å². The number of carbonyl (C=O) groups excluding carboxylic acids is 1. The average molecular weight is 278 g/mol. The highest BCUT2D eigenvalue weighted by atomic mass is 35.5. The molecule has 5 nitrogen and oxygen atoms in total. The van der Waals surface area contributed by atoms with E-state index in [1.807, 2.05) is 0 Å². The second kappa shape index (κ2) is 5.66. The Kier molecular flexibility index (Phi) is 4.73. The van der Waals surface area contributed by atoms with E-state index in [9.17, 15) is 4.79 Å². The Bertz CT molecular complexity index is 389. The minimum Gasteiger partial charge on any atom is -0.444 e. The third-order valence-corrected chi connectivity index (χ3v) is 2.97. The molecule has 96 valence electrons. The monoisotopic (exact) mass is 277 g/mol. The molecule has 0 fully saturated rings. The van der Waals surface area contributed by atoms with E-state index >= 15 is 0 Å². The molecule has 3 N–H and O–H groups in total. The number of rotatable bonds is 3. The Balaban J connectivity index is 2.38. The van der Waals surface area contributed by atoms with Crippen molar-refractivity contribution < 1.29 is 9.53 Å². The molecular formula is C10H16ClN3O2S. The Morgan fingerprint density at radius 2 is 2.35 bits per heavy atom. The van der Waals surface area contributed by atoms with Crippen LogP contribution in [0.15, 0.2) is 6.20 Å². The zero-order valence-corrected chi connectivity index (χ0v) is 11.6. The van der Waals surface area contributed by atoms with Crippen molar-refractivity contribution in [1.82, 2.24) is 10.3 Å². The quantitative estimate of drug-likeness (QED) is 0.889. The van der Waals surface area contributed by atoms with Crippen LogP contribution in [0.5, 0.6) is 0 Å². The molecule has 0 aliphatic carbocycles. The molecule has 0 spiro atoms. The van der Waals surface area contributed by atoms with Crippen molar-refractivity contribution in [2.45, 2.75) is 32.4 Å². The van der Waals surface area contributed by atoms with Crippen molar-refractivity contribution in [3.63, 3.8) is 0 Å². The van der Waals surface area contributed by atoms with E-state index < -0.39 is 11.7 Å². The van der Waals surface area contributed by atoms with Gasteiger partial charge < -0.3 is 15.8 Å². The fourth-order valence-electron chi connectivity index (χ4n) is 1.04. The van der Waals surface area contributed by atoms with Gasteiger partial charge in [-0.15, -0.1) is 11.3 Å². The second-order valence-corrected chi connectivity index (χ2v) is 6.15. The molecule has 1 atom stereocenters. The topological polar surface area (TPSA) is 77.2 Å². The summed E-state index contributed by atoms with van der Waals surface area (Å²) in [6.45, 7) is 5.69. The highest BCUT2D eigenvalue weighted by Gasteiger charge is 2.17. The number of nitrogens with two attached hydrogens (primary N) is 1. The average Bonchev–Trinajstić information content (AvgIpc) is 2.58. The summed E-state index contributed by atoms with van der Waals surface area (Å²) in [5.74, 6) is 0. The molecule has 0 radical (unpaired) electrons. The predicted molar refractivity (Wildman–Crippen MR) is 68.3 cm³/mol. The van der Waals surface area contributed by atoms with Crippen molar-refractivity contribution >= 4 is 29.0 Å². The van der Waals surface area contributed by atoms with Gasteiger partial charge in [0.15, 0.2) is 4.47 Å². The third-order valence-electron chi connectivity index (χ3n) is 1.73. The number of hydrogen-bond acceptors (Lipinski definition) is 5. The Morgan fingerprint density at radius 1 is 1.71 bits per heavy atom. The smallest absolute Gasteiger partial charge is 0.407 e. The molecule has 7 heteroatoms. The molecule has 0 saturated heterocycles. The van der Waals surface area contributed by atoms with Gasteiger partial charge in [-0.1, -0.05) is 11.6 Å². The van der Waals surface area contributed by atoms with Crippen LogP contribution in [-0.2, 0) is 4.74 Å². The van der Waals surface area contributed by atoms with Gasteiger partial charge in [-0.3, -0.25) is 0 Å². The first kappa shape index (κ1) is 14.2. The molecule has 17 heavy (non-hydrogen) atoms. The van der Waals surface area contributed by atoms with Gasteiger partial charge in [0.25, 0.3) is 0 Å². The normalized spacial score (nSPS) is 13.2. The number of amides is 1. The zero-order chi connectivity index (χ0) is 13.1. The molecular weight excluding hydrogens is 262 g/mol. The van der Waals surface area contributed by atoms with Crippen molar-refractivity contribution in [2.24, 2.45) is 5.73 Å². The molecule has 1 unspecified atom stereocenters. The Hall–Kier alpha value is -0.850. The van der Waals surface area contributed by atoms with E-state index in [4.69, 9.17) is 22.1 Å². The number of hydrogen-bond donors (Lipinski definition) is 2. The van der Waals surface area contributed by atoms with Gasteiger partial charge in [0.2, 0.25) is 0 Å². The molecule has 1 aromatic rings. The summed E-state index contributed by atoms with van der Waals surface area (Å²) in [6, 6.07) is -0.326. The Morgan fingerprint density at radius 3 is 2.82 bits per heavy atom. The number of carbonyl (C=O) groups is 1. The van der Waals surface area contributed by atoms with Crippen LogP contribution in [0.3, 0.4) is 0 Å². The van der Waals surface area contributed by atoms with Crippen LogP contribution in [-0.4, -0.2) is 23.2 Å². The fraction of sp³-hybridized carbons (Fsp3) is 0.600. The number of ether oxygens (including phenoxy) is 1. The molecule has 1 amide bonds. The first-order valence-corrected chi connectivity index (χ1v) is 6.31. The fourth-order valence-corrected chi connectivity index (χ4v) is 2.00. The maximum Gasteiger partial charge on any atom is 0.407 e. The van der Waals surface area contributed by atoms with Crippen molar-refractivity contribution in [2.75, 3.05) is 6.54 Å². The highest BCUT2D eigenvalue weighted by Crippen LogP contribution is 2.22. The van der Waals surface area contributed by atoms with E-state index in [2.05, 4.69) is 10.3 Å². The summed E-state index contributed by atoms with van der Waals surface area (Å²) in [5, 5.41) is 2.60. The van der Waals surface area contributed by atoms with Gasteiger partial charge in [0.05, 0.1) is 6.04 Å². The van der Waals surface area contributed by atoms with E-state index in [0.29, 0.717) is 4.47 Å². The second-order valence-electron chi connectivity index (χ2n) is 4.50. The van der Waals surface area contributed by atoms with Crippen LogP contribution in [0.4, 0.5) is 4.79 Å². The van der Waals surface area contributed by atoms with Crippen LogP contribution in [0.2, 0.25) is 4.47 Å². The van der Waals surface area contributed by atoms with Crippen LogP contribution in [0.25, 0.3) is 0 Å². The SMILES string of the molecule is CC(C)(C)OC(=O)NCC(N)c1cnc(Cl)s1.